The lowest BCUT2D eigenvalue weighted by molar-refractivity contribution is -0.115. The average Bonchev–Trinajstić information content (AvgIpc) is 3.18. The average molecular weight is 344 g/mol. The van der Waals surface area contributed by atoms with Gasteiger partial charge in [0.25, 0.3) is 0 Å². The van der Waals surface area contributed by atoms with Gasteiger partial charge in [0.15, 0.2) is 0 Å². The van der Waals surface area contributed by atoms with Crippen molar-refractivity contribution in [3.63, 3.8) is 0 Å². The Morgan fingerprint density at radius 3 is 2.83 bits per heavy atom. The van der Waals surface area contributed by atoms with Crippen LogP contribution in [0.25, 0.3) is 10.6 Å². The molecule has 2 aromatic heterocycles. The molecule has 23 heavy (non-hydrogen) atoms. The molecule has 2 heterocycles. The van der Waals surface area contributed by atoms with Crippen molar-refractivity contribution in [1.82, 2.24) is 15.2 Å². The topological polar surface area (TPSA) is 67.8 Å². The maximum Gasteiger partial charge on any atom is 0.232 e. The minimum Gasteiger partial charge on any atom is -0.300 e. The molecule has 0 bridgehead atoms. The van der Waals surface area contributed by atoms with Gasteiger partial charge in [0.2, 0.25) is 11.0 Å². The van der Waals surface area contributed by atoms with Crippen molar-refractivity contribution >= 4 is 33.7 Å². The molecule has 3 rings (SSSR count). The van der Waals surface area contributed by atoms with E-state index in [0.717, 1.165) is 34.1 Å². The van der Waals surface area contributed by atoms with Crippen LogP contribution in [0.4, 0.5) is 5.13 Å². The predicted molar refractivity (Wildman–Crippen MR) is 93.8 cm³/mol. The molecule has 0 spiro atoms. The minimum atomic E-state index is -0.117. The van der Waals surface area contributed by atoms with Crippen LogP contribution in [0.15, 0.2) is 35.7 Å². The molecule has 0 fully saturated rings. The number of anilines is 1. The Balaban J connectivity index is 1.60. The lowest BCUT2D eigenvalue weighted by Crippen LogP contribution is -2.14. The molecule has 0 saturated heterocycles. The third-order valence-electron chi connectivity index (χ3n) is 3.09. The molecule has 0 atom stereocenters. The van der Waals surface area contributed by atoms with Crippen molar-refractivity contribution in [2.75, 3.05) is 5.32 Å². The summed E-state index contributed by atoms with van der Waals surface area (Å²) in [5.74, 6) is -0.117. The Labute approximate surface area is 142 Å². The van der Waals surface area contributed by atoms with Gasteiger partial charge in [-0.1, -0.05) is 48.6 Å². The highest BCUT2D eigenvalue weighted by atomic mass is 32.1. The van der Waals surface area contributed by atoms with Crippen LogP contribution < -0.4 is 5.32 Å². The molecule has 7 heteroatoms. The largest absolute Gasteiger partial charge is 0.300 e. The van der Waals surface area contributed by atoms with Crippen molar-refractivity contribution in [1.29, 1.82) is 0 Å². The van der Waals surface area contributed by atoms with Crippen LogP contribution in [-0.4, -0.2) is 21.1 Å². The molecule has 1 amide bonds. The van der Waals surface area contributed by atoms with E-state index in [4.69, 9.17) is 0 Å². The highest BCUT2D eigenvalue weighted by Gasteiger charge is 2.11. The molecular weight excluding hydrogens is 328 g/mol. The van der Waals surface area contributed by atoms with Gasteiger partial charge in [0, 0.05) is 17.4 Å². The second-order valence-electron chi connectivity index (χ2n) is 4.99. The summed E-state index contributed by atoms with van der Waals surface area (Å²) in [7, 11) is 0. The molecule has 3 aromatic rings. The number of hydrogen-bond acceptors (Lipinski definition) is 6. The van der Waals surface area contributed by atoms with Gasteiger partial charge in [0.1, 0.15) is 10.0 Å². The first-order chi connectivity index (χ1) is 11.2. The number of aryl methyl sites for hydroxylation is 1. The second-order valence-corrected chi connectivity index (χ2v) is 6.91. The summed E-state index contributed by atoms with van der Waals surface area (Å²) in [6.45, 7) is 2.09. The van der Waals surface area contributed by atoms with Crippen LogP contribution in [0.5, 0.6) is 0 Å². The van der Waals surface area contributed by atoms with Gasteiger partial charge in [0.05, 0.1) is 12.1 Å². The van der Waals surface area contributed by atoms with E-state index in [1.165, 1.54) is 11.3 Å². The van der Waals surface area contributed by atoms with E-state index in [1.54, 1.807) is 11.3 Å². The maximum atomic E-state index is 12.1. The van der Waals surface area contributed by atoms with Crippen molar-refractivity contribution in [3.8, 4) is 10.6 Å². The highest BCUT2D eigenvalue weighted by molar-refractivity contribution is 7.15. The number of rotatable bonds is 6. The fraction of sp³-hybridized carbons (Fsp3) is 0.250. The smallest absolute Gasteiger partial charge is 0.232 e. The van der Waals surface area contributed by atoms with Crippen molar-refractivity contribution in [2.24, 2.45) is 0 Å². The van der Waals surface area contributed by atoms with E-state index < -0.39 is 0 Å². The standard InChI is InChI=1S/C16H16N4OS2/c1-2-6-14-19-20-16(23-14)18-13(21)9-12-10-22-15(17-12)11-7-4-3-5-8-11/h3-5,7-8,10H,2,6,9H2,1H3,(H,18,20,21). The van der Waals surface area contributed by atoms with E-state index in [0.29, 0.717) is 5.13 Å². The van der Waals surface area contributed by atoms with Gasteiger partial charge >= 0.3 is 0 Å². The fourth-order valence-electron chi connectivity index (χ4n) is 2.05. The number of nitrogens with zero attached hydrogens (tertiary/aromatic N) is 3. The van der Waals surface area contributed by atoms with Gasteiger partial charge in [-0.05, 0) is 6.42 Å². The third-order valence-corrected chi connectivity index (χ3v) is 4.93. The van der Waals surface area contributed by atoms with Crippen molar-refractivity contribution < 1.29 is 4.79 Å². The summed E-state index contributed by atoms with van der Waals surface area (Å²) in [5.41, 5.74) is 1.84. The molecular formula is C16H16N4OS2. The Kier molecular flexibility index (Phi) is 5.09. The van der Waals surface area contributed by atoms with Crippen LogP contribution in [0.1, 0.15) is 24.0 Å². The Hall–Kier alpha value is -2.12. The molecule has 0 aliphatic carbocycles. The fourth-order valence-corrected chi connectivity index (χ4v) is 3.73. The van der Waals surface area contributed by atoms with Gasteiger partial charge in [-0.2, -0.15) is 0 Å². The summed E-state index contributed by atoms with van der Waals surface area (Å²) in [6, 6.07) is 9.96. The SMILES string of the molecule is CCCc1nnc(NC(=O)Cc2csc(-c3ccccc3)n2)s1. The van der Waals surface area contributed by atoms with Gasteiger partial charge in [-0.3, -0.25) is 4.79 Å². The van der Waals surface area contributed by atoms with E-state index in [2.05, 4.69) is 27.4 Å². The Morgan fingerprint density at radius 2 is 2.04 bits per heavy atom. The van der Waals surface area contributed by atoms with E-state index >= 15 is 0 Å². The van der Waals surface area contributed by atoms with Crippen LogP contribution in [0, 0.1) is 0 Å². The lowest BCUT2D eigenvalue weighted by Gasteiger charge is -1.98. The van der Waals surface area contributed by atoms with Gasteiger partial charge < -0.3 is 5.32 Å². The molecule has 1 N–H and O–H groups in total. The number of benzene rings is 1. The quantitative estimate of drug-likeness (QED) is 0.738. The number of hydrogen-bond donors (Lipinski definition) is 1. The van der Waals surface area contributed by atoms with Crippen molar-refractivity contribution in [2.45, 2.75) is 26.2 Å². The first kappa shape index (κ1) is 15.8. The van der Waals surface area contributed by atoms with Crippen molar-refractivity contribution in [3.05, 3.63) is 46.4 Å². The molecule has 0 saturated carbocycles. The number of carbonyl (C=O) groups excluding carboxylic acids is 1. The molecule has 0 aliphatic rings. The second kappa shape index (κ2) is 7.43. The normalized spacial score (nSPS) is 10.7. The van der Waals surface area contributed by atoms with Crippen LogP contribution >= 0.6 is 22.7 Å². The molecule has 5 nitrogen and oxygen atoms in total. The minimum absolute atomic E-state index is 0.117. The number of thiazole rings is 1. The molecule has 0 aliphatic heterocycles. The molecule has 1 aromatic carbocycles. The van der Waals surface area contributed by atoms with E-state index in [1.807, 2.05) is 35.7 Å². The number of aromatic nitrogens is 3. The molecule has 118 valence electrons. The molecule has 0 radical (unpaired) electrons. The highest BCUT2D eigenvalue weighted by Crippen LogP contribution is 2.23. The first-order valence-corrected chi connectivity index (χ1v) is 9.06. The zero-order chi connectivity index (χ0) is 16.1. The Morgan fingerprint density at radius 1 is 1.22 bits per heavy atom. The van der Waals surface area contributed by atoms with Crippen LogP contribution in [0.2, 0.25) is 0 Å². The summed E-state index contributed by atoms with van der Waals surface area (Å²) >= 11 is 2.97. The zero-order valence-electron chi connectivity index (χ0n) is 12.7. The summed E-state index contributed by atoms with van der Waals surface area (Å²) in [4.78, 5) is 16.6. The van der Waals surface area contributed by atoms with E-state index in [9.17, 15) is 4.79 Å². The summed E-state index contributed by atoms with van der Waals surface area (Å²) < 4.78 is 0. The van der Waals surface area contributed by atoms with Gasteiger partial charge in [-0.15, -0.1) is 21.5 Å². The van der Waals surface area contributed by atoms with E-state index in [-0.39, 0.29) is 12.3 Å². The summed E-state index contributed by atoms with van der Waals surface area (Å²) in [5, 5.41) is 15.2. The number of nitrogens with one attached hydrogen (secondary N) is 1. The predicted octanol–water partition coefficient (Wildman–Crippen LogP) is 3.80. The monoisotopic (exact) mass is 344 g/mol. The van der Waals surface area contributed by atoms with Gasteiger partial charge in [-0.25, -0.2) is 4.98 Å². The zero-order valence-corrected chi connectivity index (χ0v) is 14.3. The van der Waals surface area contributed by atoms with Crippen LogP contribution in [0.3, 0.4) is 0 Å². The van der Waals surface area contributed by atoms with Crippen LogP contribution in [-0.2, 0) is 17.6 Å². The summed E-state index contributed by atoms with van der Waals surface area (Å²) in [6.07, 6.45) is 2.15. The number of amides is 1. The Bertz CT molecular complexity index is 782. The third kappa shape index (κ3) is 4.20. The lowest BCUT2D eigenvalue weighted by atomic mass is 10.2. The molecule has 0 unspecified atom stereocenters. The first-order valence-electron chi connectivity index (χ1n) is 7.36. The number of carbonyl (C=O) groups is 1. The maximum absolute atomic E-state index is 12.1.